The lowest BCUT2D eigenvalue weighted by Crippen LogP contribution is -2.39. The van der Waals surface area contributed by atoms with Crippen LogP contribution in [0.15, 0.2) is 35.0 Å². The summed E-state index contributed by atoms with van der Waals surface area (Å²) in [5.41, 5.74) is 1.33. The molecule has 146 valence electrons. The van der Waals surface area contributed by atoms with E-state index < -0.39 is 0 Å². The lowest BCUT2D eigenvalue weighted by molar-refractivity contribution is 0.0980. The Kier molecular flexibility index (Phi) is 7.16. The Bertz CT molecular complexity index is 741. The van der Waals surface area contributed by atoms with Gasteiger partial charge in [0, 0.05) is 24.2 Å². The molecule has 3 rings (SSSR count). The molecule has 2 aromatic rings. The molecule has 2 heterocycles. The Morgan fingerprint density at radius 2 is 2.11 bits per heavy atom. The predicted molar refractivity (Wildman–Crippen MR) is 113 cm³/mol. The summed E-state index contributed by atoms with van der Waals surface area (Å²) >= 11 is 7.88. The van der Waals surface area contributed by atoms with Crippen molar-refractivity contribution in [1.29, 1.82) is 0 Å². The van der Waals surface area contributed by atoms with Crippen LogP contribution < -0.4 is 10.1 Å². The van der Waals surface area contributed by atoms with Gasteiger partial charge < -0.3 is 15.0 Å². The molecular formula is C21H27ClN2O2S. The van der Waals surface area contributed by atoms with Crippen LogP contribution in [0.1, 0.15) is 43.5 Å². The van der Waals surface area contributed by atoms with E-state index in [0.717, 1.165) is 31.8 Å². The van der Waals surface area contributed by atoms with E-state index in [-0.39, 0.29) is 12.0 Å². The van der Waals surface area contributed by atoms with E-state index in [1.54, 1.807) is 12.1 Å². The fourth-order valence-electron chi connectivity index (χ4n) is 3.14. The summed E-state index contributed by atoms with van der Waals surface area (Å²) in [7, 11) is 0. The molecule has 6 heteroatoms. The first-order valence-electron chi connectivity index (χ1n) is 9.53. The molecule has 1 aromatic carbocycles. The van der Waals surface area contributed by atoms with Gasteiger partial charge >= 0.3 is 0 Å². The van der Waals surface area contributed by atoms with Crippen molar-refractivity contribution in [3.8, 4) is 5.75 Å². The molecule has 0 spiro atoms. The summed E-state index contributed by atoms with van der Waals surface area (Å²) < 4.78 is 6.12. The van der Waals surface area contributed by atoms with Gasteiger partial charge in [-0.15, -0.1) is 0 Å². The monoisotopic (exact) mass is 406 g/mol. The van der Waals surface area contributed by atoms with Crippen LogP contribution in [0.25, 0.3) is 0 Å². The lowest BCUT2D eigenvalue weighted by atomic mass is 10.1. The highest BCUT2D eigenvalue weighted by Gasteiger charge is 2.21. The highest BCUT2D eigenvalue weighted by atomic mass is 35.5. The number of nitrogens with one attached hydrogen (secondary N) is 1. The molecule has 1 aliphatic rings. The Labute approximate surface area is 170 Å². The van der Waals surface area contributed by atoms with Crippen LogP contribution in [-0.4, -0.2) is 36.5 Å². The molecule has 1 amide bonds. The number of thiophene rings is 1. The van der Waals surface area contributed by atoms with Crippen LogP contribution >= 0.6 is 22.9 Å². The number of carbonyl (C=O) groups is 1. The predicted octanol–water partition coefficient (Wildman–Crippen LogP) is 5.54. The van der Waals surface area contributed by atoms with E-state index >= 15 is 0 Å². The van der Waals surface area contributed by atoms with Gasteiger partial charge in [0.05, 0.1) is 10.6 Å². The maximum atomic E-state index is 12.1. The summed E-state index contributed by atoms with van der Waals surface area (Å²) in [6.45, 7) is 7.85. The van der Waals surface area contributed by atoms with Gasteiger partial charge in [0.15, 0.2) is 0 Å². The number of benzene rings is 1. The SMILES string of the molecule is CC(C)CCN1CCC(Oc2ccc(NC(=O)c3ccsc3)cc2Cl)CC1. The van der Waals surface area contributed by atoms with Crippen LogP contribution in [0.2, 0.25) is 5.02 Å². The molecule has 1 fully saturated rings. The van der Waals surface area contributed by atoms with Crippen LogP contribution in [0.5, 0.6) is 5.75 Å². The molecule has 0 unspecified atom stereocenters. The molecule has 0 saturated carbocycles. The van der Waals surface area contributed by atoms with Gasteiger partial charge in [0.2, 0.25) is 0 Å². The minimum Gasteiger partial charge on any atom is -0.489 e. The van der Waals surface area contributed by atoms with Crippen molar-refractivity contribution in [2.75, 3.05) is 25.0 Å². The first-order chi connectivity index (χ1) is 13.0. The Hall–Kier alpha value is -1.56. The Balaban J connectivity index is 1.50. The van der Waals surface area contributed by atoms with E-state index in [1.807, 2.05) is 22.9 Å². The molecule has 1 aromatic heterocycles. The van der Waals surface area contributed by atoms with Crippen molar-refractivity contribution in [2.45, 2.75) is 39.2 Å². The van der Waals surface area contributed by atoms with Gasteiger partial charge in [-0.2, -0.15) is 11.3 Å². The van der Waals surface area contributed by atoms with Gasteiger partial charge in [-0.25, -0.2) is 0 Å². The summed E-state index contributed by atoms with van der Waals surface area (Å²) in [5.74, 6) is 1.30. The largest absolute Gasteiger partial charge is 0.489 e. The third-order valence-corrected chi connectivity index (χ3v) is 5.80. The second-order valence-corrected chi connectivity index (χ2v) is 8.64. The number of piperidine rings is 1. The van der Waals surface area contributed by atoms with E-state index in [1.165, 1.54) is 24.3 Å². The highest BCUT2D eigenvalue weighted by Crippen LogP contribution is 2.30. The lowest BCUT2D eigenvalue weighted by Gasteiger charge is -2.32. The fourth-order valence-corrected chi connectivity index (χ4v) is 4.00. The number of carbonyl (C=O) groups excluding carboxylic acids is 1. The first kappa shape index (κ1) is 20.2. The number of halogens is 1. The van der Waals surface area contributed by atoms with Crippen LogP contribution in [0.4, 0.5) is 5.69 Å². The summed E-state index contributed by atoms with van der Waals surface area (Å²) in [4.78, 5) is 14.6. The summed E-state index contributed by atoms with van der Waals surface area (Å²) in [6, 6.07) is 7.23. The molecule has 1 saturated heterocycles. The van der Waals surface area contributed by atoms with E-state index in [9.17, 15) is 4.79 Å². The average molecular weight is 407 g/mol. The molecule has 1 N–H and O–H groups in total. The van der Waals surface area contributed by atoms with Crippen molar-refractivity contribution < 1.29 is 9.53 Å². The van der Waals surface area contributed by atoms with Crippen molar-refractivity contribution in [2.24, 2.45) is 5.92 Å². The number of hydrogen-bond donors (Lipinski definition) is 1. The van der Waals surface area contributed by atoms with Crippen LogP contribution in [-0.2, 0) is 0 Å². The number of anilines is 1. The molecule has 0 radical (unpaired) electrons. The van der Waals surface area contributed by atoms with E-state index in [4.69, 9.17) is 16.3 Å². The minimum atomic E-state index is -0.130. The minimum absolute atomic E-state index is 0.130. The third-order valence-electron chi connectivity index (χ3n) is 4.82. The molecule has 1 aliphatic heterocycles. The van der Waals surface area contributed by atoms with Gasteiger partial charge in [-0.1, -0.05) is 25.4 Å². The summed E-state index contributed by atoms with van der Waals surface area (Å²) in [5, 5.41) is 7.10. The normalized spacial score (nSPS) is 15.9. The molecule has 0 bridgehead atoms. The van der Waals surface area contributed by atoms with Crippen molar-refractivity contribution in [3.05, 3.63) is 45.6 Å². The second-order valence-electron chi connectivity index (χ2n) is 7.45. The molecule has 0 aliphatic carbocycles. The van der Waals surface area contributed by atoms with Crippen molar-refractivity contribution in [3.63, 3.8) is 0 Å². The van der Waals surface area contributed by atoms with Crippen molar-refractivity contribution >= 4 is 34.5 Å². The van der Waals surface area contributed by atoms with Gasteiger partial charge in [-0.05, 0) is 61.4 Å². The number of ether oxygens (including phenoxy) is 1. The molecule has 27 heavy (non-hydrogen) atoms. The number of likely N-dealkylation sites (tertiary alicyclic amines) is 1. The molecular weight excluding hydrogens is 380 g/mol. The summed E-state index contributed by atoms with van der Waals surface area (Å²) in [6.07, 6.45) is 3.48. The maximum absolute atomic E-state index is 12.1. The molecule has 4 nitrogen and oxygen atoms in total. The van der Waals surface area contributed by atoms with Gasteiger partial charge in [0.25, 0.3) is 5.91 Å². The first-order valence-corrected chi connectivity index (χ1v) is 10.9. The van der Waals surface area contributed by atoms with Gasteiger partial charge in [0.1, 0.15) is 11.9 Å². The zero-order valence-corrected chi connectivity index (χ0v) is 17.5. The van der Waals surface area contributed by atoms with Crippen molar-refractivity contribution in [1.82, 2.24) is 4.90 Å². The van der Waals surface area contributed by atoms with Crippen LogP contribution in [0, 0.1) is 5.92 Å². The van der Waals surface area contributed by atoms with E-state index in [2.05, 4.69) is 24.1 Å². The number of rotatable bonds is 7. The second kappa shape index (κ2) is 9.58. The standard InChI is InChI=1S/C21H27ClN2O2S/c1-15(2)5-9-24-10-6-18(7-11-24)26-20-4-3-17(13-19(20)22)23-21(25)16-8-12-27-14-16/h3-4,8,12-15,18H,5-7,9-11H2,1-2H3,(H,23,25). The van der Waals surface area contributed by atoms with Gasteiger partial charge in [-0.3, -0.25) is 4.79 Å². The quantitative estimate of drug-likeness (QED) is 0.656. The molecule has 0 atom stereocenters. The highest BCUT2D eigenvalue weighted by molar-refractivity contribution is 7.08. The number of hydrogen-bond acceptors (Lipinski definition) is 4. The van der Waals surface area contributed by atoms with Crippen LogP contribution in [0.3, 0.4) is 0 Å². The number of amides is 1. The average Bonchev–Trinajstić information content (AvgIpc) is 3.18. The number of nitrogens with zero attached hydrogens (tertiary/aromatic N) is 1. The zero-order valence-electron chi connectivity index (χ0n) is 15.9. The Morgan fingerprint density at radius 3 is 2.74 bits per heavy atom. The smallest absolute Gasteiger partial charge is 0.256 e. The third kappa shape index (κ3) is 5.96. The van der Waals surface area contributed by atoms with E-state index in [0.29, 0.717) is 22.0 Å². The fraction of sp³-hybridized carbons (Fsp3) is 0.476. The zero-order chi connectivity index (χ0) is 19.2. The maximum Gasteiger partial charge on any atom is 0.256 e. The topological polar surface area (TPSA) is 41.6 Å². The Morgan fingerprint density at radius 1 is 1.33 bits per heavy atom.